The molecular formula is C19H17ClN4O2S2. The number of hydrogen-bond acceptors (Lipinski definition) is 6. The summed E-state index contributed by atoms with van der Waals surface area (Å²) in [5, 5.41) is 9.74. The Morgan fingerprint density at radius 3 is 2.79 bits per heavy atom. The number of hydrogen-bond donors (Lipinski definition) is 0. The molecule has 144 valence electrons. The molecule has 4 aromatic rings. The fraction of sp³-hybridized carbons (Fsp3) is 0.263. The fourth-order valence-electron chi connectivity index (χ4n) is 3.01. The minimum absolute atomic E-state index is 0.0118. The molecule has 0 aliphatic heterocycles. The second-order valence-electron chi connectivity index (χ2n) is 6.26. The van der Waals surface area contributed by atoms with Crippen LogP contribution in [0.5, 0.6) is 0 Å². The SMILES string of the molecule is CCCCn1c(=O)c2ccccc2n2c(SCC(=O)c3ccc(Cl)s3)nnc12. The average Bonchev–Trinajstić information content (AvgIpc) is 3.33. The monoisotopic (exact) mass is 432 g/mol. The van der Waals surface area contributed by atoms with Gasteiger partial charge in [-0.15, -0.1) is 21.5 Å². The third kappa shape index (κ3) is 3.47. The number of ketones is 1. The number of nitrogens with zero attached hydrogens (tertiary/aromatic N) is 4. The van der Waals surface area contributed by atoms with Crippen molar-refractivity contribution in [1.29, 1.82) is 0 Å². The smallest absolute Gasteiger partial charge is 0.262 e. The van der Waals surface area contributed by atoms with E-state index < -0.39 is 0 Å². The van der Waals surface area contributed by atoms with E-state index in [2.05, 4.69) is 17.1 Å². The Kier molecular flexibility index (Phi) is 5.52. The molecule has 0 radical (unpaired) electrons. The summed E-state index contributed by atoms with van der Waals surface area (Å²) in [4.78, 5) is 26.0. The molecule has 9 heteroatoms. The van der Waals surface area contributed by atoms with Gasteiger partial charge in [0.05, 0.1) is 25.9 Å². The maximum absolute atomic E-state index is 12.9. The predicted octanol–water partition coefficient (Wildman–Crippen LogP) is 4.53. The van der Waals surface area contributed by atoms with Gasteiger partial charge in [0.1, 0.15) is 0 Å². The van der Waals surface area contributed by atoms with E-state index in [0.717, 1.165) is 18.4 Å². The molecule has 0 N–H and O–H groups in total. The molecule has 0 aliphatic rings. The first-order valence-corrected chi connectivity index (χ1v) is 11.1. The number of fused-ring (bicyclic) bond motifs is 3. The Balaban J connectivity index is 1.76. The van der Waals surface area contributed by atoms with E-state index in [0.29, 0.717) is 32.1 Å². The van der Waals surface area contributed by atoms with Gasteiger partial charge in [0, 0.05) is 6.54 Å². The van der Waals surface area contributed by atoms with E-state index in [-0.39, 0.29) is 17.1 Å². The zero-order valence-electron chi connectivity index (χ0n) is 15.1. The van der Waals surface area contributed by atoms with E-state index in [1.165, 1.54) is 23.1 Å². The number of carbonyl (C=O) groups excluding carboxylic acids is 1. The van der Waals surface area contributed by atoms with E-state index in [9.17, 15) is 9.59 Å². The molecule has 0 fully saturated rings. The molecule has 0 saturated heterocycles. The third-order valence-corrected chi connectivity index (χ3v) is 6.60. The highest BCUT2D eigenvalue weighted by atomic mass is 35.5. The van der Waals surface area contributed by atoms with Gasteiger partial charge in [0.2, 0.25) is 5.78 Å². The summed E-state index contributed by atoms with van der Waals surface area (Å²) in [6.45, 7) is 2.66. The molecule has 0 bridgehead atoms. The maximum Gasteiger partial charge on any atom is 0.262 e. The summed E-state index contributed by atoms with van der Waals surface area (Å²) in [6.07, 6.45) is 1.85. The van der Waals surface area contributed by atoms with Crippen molar-refractivity contribution in [3.05, 3.63) is 56.0 Å². The summed E-state index contributed by atoms with van der Waals surface area (Å²) in [6, 6.07) is 10.9. The quantitative estimate of drug-likeness (QED) is 0.317. The normalized spacial score (nSPS) is 11.5. The average molecular weight is 433 g/mol. The van der Waals surface area contributed by atoms with Crippen LogP contribution >= 0.6 is 34.7 Å². The molecule has 0 aliphatic carbocycles. The molecule has 4 rings (SSSR count). The molecule has 0 saturated carbocycles. The van der Waals surface area contributed by atoms with Gasteiger partial charge in [-0.25, -0.2) is 0 Å². The lowest BCUT2D eigenvalue weighted by atomic mass is 10.2. The van der Waals surface area contributed by atoms with Crippen LogP contribution in [0.3, 0.4) is 0 Å². The van der Waals surface area contributed by atoms with Crippen LogP contribution in [0.2, 0.25) is 4.34 Å². The number of benzene rings is 1. The van der Waals surface area contributed by atoms with Crippen molar-refractivity contribution in [3.63, 3.8) is 0 Å². The predicted molar refractivity (Wildman–Crippen MR) is 114 cm³/mol. The fourth-order valence-corrected chi connectivity index (χ4v) is 4.91. The molecule has 6 nitrogen and oxygen atoms in total. The van der Waals surface area contributed by atoms with Gasteiger partial charge < -0.3 is 0 Å². The number of aromatic nitrogens is 4. The van der Waals surface area contributed by atoms with Crippen LogP contribution in [0.1, 0.15) is 29.4 Å². The van der Waals surface area contributed by atoms with Crippen molar-refractivity contribution in [2.24, 2.45) is 0 Å². The molecule has 3 aromatic heterocycles. The Morgan fingerprint density at radius 1 is 1.21 bits per heavy atom. The number of halogens is 1. The number of rotatable bonds is 7. The molecule has 0 spiro atoms. The number of aryl methyl sites for hydroxylation is 1. The lowest BCUT2D eigenvalue weighted by molar-refractivity contribution is 0.102. The highest BCUT2D eigenvalue weighted by molar-refractivity contribution is 7.99. The van der Waals surface area contributed by atoms with Gasteiger partial charge in [0.15, 0.2) is 10.9 Å². The molecule has 1 aromatic carbocycles. The van der Waals surface area contributed by atoms with Crippen LogP contribution in [0.4, 0.5) is 0 Å². The van der Waals surface area contributed by atoms with Gasteiger partial charge >= 0.3 is 0 Å². The first-order chi connectivity index (χ1) is 13.6. The van der Waals surface area contributed by atoms with Crippen LogP contribution in [0, 0.1) is 0 Å². The molecule has 0 unspecified atom stereocenters. The topological polar surface area (TPSA) is 69.3 Å². The van der Waals surface area contributed by atoms with Crippen molar-refractivity contribution in [2.75, 3.05) is 5.75 Å². The first kappa shape index (κ1) is 19.2. The lowest BCUT2D eigenvalue weighted by Crippen LogP contribution is -2.23. The summed E-state index contributed by atoms with van der Waals surface area (Å²) < 4.78 is 4.13. The summed E-state index contributed by atoms with van der Waals surface area (Å²) in [5.41, 5.74) is 0.680. The van der Waals surface area contributed by atoms with Gasteiger partial charge in [-0.05, 0) is 30.7 Å². The molecule has 3 heterocycles. The second kappa shape index (κ2) is 8.06. The van der Waals surface area contributed by atoms with Crippen LogP contribution < -0.4 is 5.56 Å². The summed E-state index contributed by atoms with van der Waals surface area (Å²) in [7, 11) is 0. The number of unbranched alkanes of at least 4 members (excludes halogenated alkanes) is 1. The van der Waals surface area contributed by atoms with Gasteiger partial charge in [-0.3, -0.25) is 18.6 Å². The Bertz CT molecular complexity index is 1230. The Morgan fingerprint density at radius 2 is 2.04 bits per heavy atom. The van der Waals surface area contributed by atoms with Crippen molar-refractivity contribution in [1.82, 2.24) is 19.2 Å². The molecular weight excluding hydrogens is 416 g/mol. The van der Waals surface area contributed by atoms with Crippen molar-refractivity contribution >= 4 is 57.2 Å². The van der Waals surface area contributed by atoms with E-state index >= 15 is 0 Å². The molecule has 0 amide bonds. The lowest BCUT2D eigenvalue weighted by Gasteiger charge is -2.10. The summed E-state index contributed by atoms with van der Waals surface area (Å²) in [5.74, 6) is 0.716. The largest absolute Gasteiger partial charge is 0.292 e. The first-order valence-electron chi connectivity index (χ1n) is 8.88. The Hall–Kier alpha value is -2.16. The molecule has 28 heavy (non-hydrogen) atoms. The van der Waals surface area contributed by atoms with Gasteiger partial charge in [-0.2, -0.15) is 0 Å². The van der Waals surface area contributed by atoms with Crippen LogP contribution in [-0.4, -0.2) is 30.7 Å². The van der Waals surface area contributed by atoms with Crippen LogP contribution in [0.25, 0.3) is 16.7 Å². The highest BCUT2D eigenvalue weighted by Gasteiger charge is 2.18. The second-order valence-corrected chi connectivity index (χ2v) is 8.92. The van der Waals surface area contributed by atoms with Crippen molar-refractivity contribution in [2.45, 2.75) is 31.5 Å². The zero-order chi connectivity index (χ0) is 19.7. The standard InChI is InChI=1S/C19H17ClN4O2S2/c1-2-3-10-23-17(26)12-6-4-5-7-13(12)24-18(23)21-22-19(24)27-11-14(25)15-8-9-16(20)28-15/h4-9H,2-3,10-11H2,1H3. The molecule has 0 atom stereocenters. The van der Waals surface area contributed by atoms with E-state index in [1.54, 1.807) is 16.7 Å². The maximum atomic E-state index is 12.9. The number of carbonyl (C=O) groups is 1. The van der Waals surface area contributed by atoms with E-state index in [1.807, 2.05) is 28.7 Å². The highest BCUT2D eigenvalue weighted by Crippen LogP contribution is 2.26. The number of para-hydroxylation sites is 1. The third-order valence-electron chi connectivity index (χ3n) is 4.39. The minimum Gasteiger partial charge on any atom is -0.292 e. The number of thioether (sulfide) groups is 1. The van der Waals surface area contributed by atoms with Gasteiger partial charge in [0.25, 0.3) is 5.56 Å². The number of Topliss-reactive ketones (excluding diaryl/α,β-unsaturated/α-hetero) is 1. The van der Waals surface area contributed by atoms with Crippen molar-refractivity contribution < 1.29 is 4.79 Å². The summed E-state index contributed by atoms with van der Waals surface area (Å²) >= 11 is 8.50. The van der Waals surface area contributed by atoms with Crippen LogP contribution in [0.15, 0.2) is 46.3 Å². The van der Waals surface area contributed by atoms with Crippen molar-refractivity contribution in [3.8, 4) is 0 Å². The minimum atomic E-state index is -0.0650. The zero-order valence-corrected chi connectivity index (χ0v) is 17.5. The Labute approximate surface area is 174 Å². The van der Waals surface area contributed by atoms with Crippen LogP contribution in [-0.2, 0) is 6.54 Å². The van der Waals surface area contributed by atoms with Gasteiger partial charge in [-0.1, -0.05) is 48.8 Å². The van der Waals surface area contributed by atoms with E-state index in [4.69, 9.17) is 11.6 Å². The number of thiophene rings is 1.